The van der Waals surface area contributed by atoms with Gasteiger partial charge in [0.2, 0.25) is 0 Å². The first-order chi connectivity index (χ1) is 11.8. The molecule has 2 aliphatic rings. The molecule has 0 bridgehead atoms. The van der Waals surface area contributed by atoms with Gasteiger partial charge < -0.3 is 4.90 Å². The highest BCUT2D eigenvalue weighted by Crippen LogP contribution is 2.23. The standard InChI is InChI=1S/C17H22N6O/c24-17(15-7-1-2-8-16(15)23-13-18-19-20-23)22-11-5-6-14(12-22)21-9-3-4-10-21/h1-2,7-8,13-14H,3-6,9-12H2/t14-/m1/s1. The maximum atomic E-state index is 13.1. The van der Waals surface area contributed by atoms with Crippen molar-refractivity contribution in [2.24, 2.45) is 0 Å². The van der Waals surface area contributed by atoms with Crippen molar-refractivity contribution in [1.82, 2.24) is 30.0 Å². The third-order valence-corrected chi connectivity index (χ3v) is 5.07. The third kappa shape index (κ3) is 2.91. The molecule has 2 aromatic rings. The lowest BCUT2D eigenvalue weighted by Crippen LogP contribution is -2.49. The van der Waals surface area contributed by atoms with Crippen molar-refractivity contribution in [2.45, 2.75) is 31.7 Å². The van der Waals surface area contributed by atoms with E-state index >= 15 is 0 Å². The summed E-state index contributed by atoms with van der Waals surface area (Å²) >= 11 is 0. The smallest absolute Gasteiger partial charge is 0.256 e. The Morgan fingerprint density at radius 1 is 1.08 bits per heavy atom. The van der Waals surface area contributed by atoms with E-state index in [4.69, 9.17) is 0 Å². The number of tetrazole rings is 1. The second-order valence-corrected chi connectivity index (χ2v) is 6.56. The van der Waals surface area contributed by atoms with E-state index in [9.17, 15) is 4.79 Å². The minimum atomic E-state index is 0.0741. The maximum absolute atomic E-state index is 13.1. The maximum Gasteiger partial charge on any atom is 0.256 e. The quantitative estimate of drug-likeness (QED) is 0.852. The largest absolute Gasteiger partial charge is 0.337 e. The molecule has 2 saturated heterocycles. The first-order valence-corrected chi connectivity index (χ1v) is 8.68. The Balaban J connectivity index is 1.55. The zero-order valence-electron chi connectivity index (χ0n) is 13.7. The summed E-state index contributed by atoms with van der Waals surface area (Å²) in [5.74, 6) is 0.0741. The lowest BCUT2D eigenvalue weighted by molar-refractivity contribution is 0.0608. The van der Waals surface area contributed by atoms with Gasteiger partial charge in [0.25, 0.3) is 5.91 Å². The zero-order valence-corrected chi connectivity index (χ0v) is 13.7. The average Bonchev–Trinajstić information content (AvgIpc) is 3.35. The summed E-state index contributed by atoms with van der Waals surface area (Å²) in [4.78, 5) is 17.6. The van der Waals surface area contributed by atoms with E-state index in [1.54, 1.807) is 4.68 Å². The summed E-state index contributed by atoms with van der Waals surface area (Å²) in [5, 5.41) is 11.3. The Morgan fingerprint density at radius 2 is 1.92 bits per heavy atom. The van der Waals surface area contributed by atoms with Crippen LogP contribution in [0.4, 0.5) is 0 Å². The van der Waals surface area contributed by atoms with Gasteiger partial charge in [-0.3, -0.25) is 9.69 Å². The number of aromatic nitrogens is 4. The second-order valence-electron chi connectivity index (χ2n) is 6.56. The van der Waals surface area contributed by atoms with Gasteiger partial charge in [-0.25, -0.2) is 0 Å². The van der Waals surface area contributed by atoms with Crippen LogP contribution in [-0.2, 0) is 0 Å². The second kappa shape index (κ2) is 6.68. The number of amides is 1. The Kier molecular flexibility index (Phi) is 4.25. The summed E-state index contributed by atoms with van der Waals surface area (Å²) in [6, 6.07) is 8.04. The van der Waals surface area contributed by atoms with Crippen molar-refractivity contribution < 1.29 is 4.79 Å². The van der Waals surface area contributed by atoms with E-state index < -0.39 is 0 Å². The fourth-order valence-electron chi connectivity index (χ4n) is 3.84. The number of carbonyl (C=O) groups is 1. The molecule has 1 atom stereocenters. The molecule has 0 spiro atoms. The molecule has 0 unspecified atom stereocenters. The van der Waals surface area contributed by atoms with E-state index in [0.29, 0.717) is 11.6 Å². The van der Waals surface area contributed by atoms with Crippen molar-refractivity contribution in [1.29, 1.82) is 0 Å². The van der Waals surface area contributed by atoms with Gasteiger partial charge in [0.1, 0.15) is 6.33 Å². The van der Waals surface area contributed by atoms with Gasteiger partial charge in [0.15, 0.2) is 0 Å². The molecule has 3 heterocycles. The fraction of sp³-hybridized carbons (Fsp3) is 0.529. The van der Waals surface area contributed by atoms with Crippen LogP contribution in [0, 0.1) is 0 Å². The van der Waals surface area contributed by atoms with Crippen molar-refractivity contribution in [3.63, 3.8) is 0 Å². The molecular formula is C17H22N6O. The number of hydrogen-bond donors (Lipinski definition) is 0. The molecular weight excluding hydrogens is 304 g/mol. The number of rotatable bonds is 3. The van der Waals surface area contributed by atoms with Crippen LogP contribution >= 0.6 is 0 Å². The molecule has 24 heavy (non-hydrogen) atoms. The van der Waals surface area contributed by atoms with Gasteiger partial charge >= 0.3 is 0 Å². The number of hydrogen-bond acceptors (Lipinski definition) is 5. The van der Waals surface area contributed by atoms with Crippen molar-refractivity contribution in [3.05, 3.63) is 36.2 Å². The number of piperidine rings is 1. The molecule has 0 N–H and O–H groups in total. The Bertz CT molecular complexity index is 695. The lowest BCUT2D eigenvalue weighted by atomic mass is 10.0. The SMILES string of the molecule is O=C(c1ccccc1-n1cnnn1)N1CCC[C@@H](N2CCCC2)C1. The fourth-order valence-corrected chi connectivity index (χ4v) is 3.84. The minimum Gasteiger partial charge on any atom is -0.337 e. The molecule has 7 nitrogen and oxygen atoms in total. The number of nitrogens with zero attached hydrogens (tertiary/aromatic N) is 6. The topological polar surface area (TPSA) is 67.2 Å². The normalized spacial score (nSPS) is 22.0. The van der Waals surface area contributed by atoms with Gasteiger partial charge in [0, 0.05) is 19.1 Å². The van der Waals surface area contributed by atoms with Gasteiger partial charge in [-0.15, -0.1) is 5.10 Å². The summed E-state index contributed by atoms with van der Waals surface area (Å²) in [6.45, 7) is 4.00. The molecule has 0 saturated carbocycles. The van der Waals surface area contributed by atoms with Crippen molar-refractivity contribution in [3.8, 4) is 5.69 Å². The Hall–Kier alpha value is -2.28. The van der Waals surface area contributed by atoms with E-state index in [-0.39, 0.29) is 5.91 Å². The number of likely N-dealkylation sites (tertiary alicyclic amines) is 2. The first kappa shape index (κ1) is 15.3. The van der Waals surface area contributed by atoms with Crippen LogP contribution in [0.5, 0.6) is 0 Å². The van der Waals surface area contributed by atoms with Gasteiger partial charge in [-0.1, -0.05) is 12.1 Å². The molecule has 4 rings (SSSR count). The van der Waals surface area contributed by atoms with Crippen LogP contribution in [0.25, 0.3) is 5.69 Å². The summed E-state index contributed by atoms with van der Waals surface area (Å²) in [6.07, 6.45) is 6.35. The van der Waals surface area contributed by atoms with Crippen LogP contribution in [0.2, 0.25) is 0 Å². The van der Waals surface area contributed by atoms with Crippen molar-refractivity contribution >= 4 is 5.91 Å². The van der Waals surface area contributed by atoms with Crippen LogP contribution in [0.1, 0.15) is 36.0 Å². The number of carbonyl (C=O) groups excluding carboxylic acids is 1. The van der Waals surface area contributed by atoms with Gasteiger partial charge in [-0.05, 0) is 61.3 Å². The average molecular weight is 326 g/mol. The Labute approximate surface area is 141 Å². The predicted octanol–water partition coefficient (Wildman–Crippen LogP) is 1.36. The molecule has 0 radical (unpaired) electrons. The van der Waals surface area contributed by atoms with E-state index in [0.717, 1.165) is 25.2 Å². The molecule has 2 fully saturated rings. The highest BCUT2D eigenvalue weighted by atomic mass is 16.2. The van der Waals surface area contributed by atoms with E-state index in [2.05, 4.69) is 20.4 Å². The summed E-state index contributed by atoms with van der Waals surface area (Å²) < 4.78 is 1.55. The summed E-state index contributed by atoms with van der Waals surface area (Å²) in [7, 11) is 0. The van der Waals surface area contributed by atoms with Crippen LogP contribution in [-0.4, -0.2) is 68.1 Å². The zero-order chi connectivity index (χ0) is 16.4. The van der Waals surface area contributed by atoms with Crippen molar-refractivity contribution in [2.75, 3.05) is 26.2 Å². The Morgan fingerprint density at radius 3 is 2.71 bits per heavy atom. The predicted molar refractivity (Wildman–Crippen MR) is 88.9 cm³/mol. The highest BCUT2D eigenvalue weighted by molar-refractivity contribution is 5.97. The third-order valence-electron chi connectivity index (χ3n) is 5.07. The molecule has 1 aromatic carbocycles. The number of benzene rings is 1. The number of para-hydroxylation sites is 1. The van der Waals surface area contributed by atoms with E-state index in [1.165, 1.54) is 38.7 Å². The molecule has 0 aliphatic carbocycles. The van der Waals surface area contributed by atoms with E-state index in [1.807, 2.05) is 29.2 Å². The first-order valence-electron chi connectivity index (χ1n) is 8.68. The van der Waals surface area contributed by atoms with Crippen LogP contribution in [0.3, 0.4) is 0 Å². The minimum absolute atomic E-state index is 0.0741. The van der Waals surface area contributed by atoms with Crippen LogP contribution in [0.15, 0.2) is 30.6 Å². The van der Waals surface area contributed by atoms with Crippen LogP contribution < -0.4 is 0 Å². The molecule has 1 aromatic heterocycles. The summed E-state index contributed by atoms with van der Waals surface area (Å²) in [5.41, 5.74) is 1.39. The monoisotopic (exact) mass is 326 g/mol. The molecule has 2 aliphatic heterocycles. The highest BCUT2D eigenvalue weighted by Gasteiger charge is 2.30. The molecule has 1 amide bonds. The molecule has 7 heteroatoms. The lowest BCUT2D eigenvalue weighted by Gasteiger charge is -2.37. The van der Waals surface area contributed by atoms with Gasteiger partial charge in [0.05, 0.1) is 11.3 Å². The van der Waals surface area contributed by atoms with Gasteiger partial charge in [-0.2, -0.15) is 4.68 Å². The molecule has 126 valence electrons.